The maximum atomic E-state index is 12.9. The van der Waals surface area contributed by atoms with Gasteiger partial charge < -0.3 is 10.1 Å². The van der Waals surface area contributed by atoms with E-state index >= 15 is 0 Å². The molecule has 0 atom stereocenters. The number of amides is 1. The minimum atomic E-state index is -3.58. The van der Waals surface area contributed by atoms with Crippen molar-refractivity contribution in [2.75, 3.05) is 18.5 Å². The first kappa shape index (κ1) is 17.8. The first-order valence-electron chi connectivity index (χ1n) is 7.89. The Balaban J connectivity index is 1.79. The number of carbonyl (C=O) groups is 1. The topological polar surface area (TPSA) is 88.6 Å². The molecule has 0 bridgehead atoms. The molecule has 1 aromatic carbocycles. The van der Waals surface area contributed by atoms with Gasteiger partial charge in [-0.1, -0.05) is 0 Å². The standard InChI is InChI=1S/C16H19N3O4S2/c1-3-23-12-4-6-13(7-5-12)25(21,22)19-9-8-14-15(10-19)24-16(18-14)17-11(2)20/h4-7H,3,8-10H2,1-2H3,(H,17,18,20). The Morgan fingerprint density at radius 3 is 2.72 bits per heavy atom. The minimum absolute atomic E-state index is 0.190. The van der Waals surface area contributed by atoms with Gasteiger partial charge in [-0.3, -0.25) is 4.79 Å². The third-order valence-corrected chi connectivity index (χ3v) is 6.61. The van der Waals surface area contributed by atoms with E-state index in [2.05, 4.69) is 10.3 Å². The number of carbonyl (C=O) groups excluding carboxylic acids is 1. The molecule has 134 valence electrons. The number of ether oxygens (including phenoxy) is 1. The van der Waals surface area contributed by atoms with Crippen molar-refractivity contribution in [2.45, 2.75) is 31.7 Å². The van der Waals surface area contributed by atoms with Crippen molar-refractivity contribution in [1.82, 2.24) is 9.29 Å². The first-order valence-corrected chi connectivity index (χ1v) is 10.1. The summed E-state index contributed by atoms with van der Waals surface area (Å²) in [7, 11) is -3.58. The van der Waals surface area contributed by atoms with Gasteiger partial charge in [0, 0.05) is 24.8 Å². The van der Waals surface area contributed by atoms with Crippen molar-refractivity contribution >= 4 is 32.4 Å². The smallest absolute Gasteiger partial charge is 0.243 e. The van der Waals surface area contributed by atoms with Crippen molar-refractivity contribution in [2.24, 2.45) is 0 Å². The Kier molecular flexibility index (Phi) is 5.07. The van der Waals surface area contributed by atoms with Gasteiger partial charge in [0.05, 0.1) is 23.7 Å². The number of hydrogen-bond donors (Lipinski definition) is 1. The first-order chi connectivity index (χ1) is 11.9. The highest BCUT2D eigenvalue weighted by Crippen LogP contribution is 2.31. The van der Waals surface area contributed by atoms with Gasteiger partial charge >= 0.3 is 0 Å². The van der Waals surface area contributed by atoms with Gasteiger partial charge in [-0.2, -0.15) is 4.31 Å². The summed E-state index contributed by atoms with van der Waals surface area (Å²) in [6, 6.07) is 6.44. The summed E-state index contributed by atoms with van der Waals surface area (Å²) in [5, 5.41) is 3.16. The molecule has 1 aliphatic heterocycles. The Hall–Kier alpha value is -1.97. The van der Waals surface area contributed by atoms with Gasteiger partial charge in [0.2, 0.25) is 15.9 Å². The zero-order chi connectivity index (χ0) is 18.0. The molecule has 1 N–H and O–H groups in total. The van der Waals surface area contributed by atoms with E-state index in [0.717, 1.165) is 10.6 Å². The molecule has 25 heavy (non-hydrogen) atoms. The minimum Gasteiger partial charge on any atom is -0.494 e. The third-order valence-electron chi connectivity index (χ3n) is 3.75. The molecule has 3 rings (SSSR count). The lowest BCUT2D eigenvalue weighted by Gasteiger charge is -2.25. The lowest BCUT2D eigenvalue weighted by atomic mass is 10.2. The summed E-state index contributed by atoms with van der Waals surface area (Å²) in [6.45, 7) is 4.46. The zero-order valence-corrected chi connectivity index (χ0v) is 15.6. The highest BCUT2D eigenvalue weighted by atomic mass is 32.2. The molecule has 7 nitrogen and oxygen atoms in total. The maximum absolute atomic E-state index is 12.9. The summed E-state index contributed by atoms with van der Waals surface area (Å²) < 4.78 is 32.5. The Labute approximate surface area is 150 Å². The van der Waals surface area contributed by atoms with Crippen LogP contribution in [0.3, 0.4) is 0 Å². The number of benzene rings is 1. The van der Waals surface area contributed by atoms with Crippen LogP contribution in [0, 0.1) is 0 Å². The number of aromatic nitrogens is 1. The third kappa shape index (κ3) is 3.83. The summed E-state index contributed by atoms with van der Waals surface area (Å²) in [4.78, 5) is 16.6. The number of rotatable bonds is 5. The van der Waals surface area contributed by atoms with E-state index in [4.69, 9.17) is 4.74 Å². The number of nitrogens with zero attached hydrogens (tertiary/aromatic N) is 2. The van der Waals surface area contributed by atoms with Crippen molar-refractivity contribution in [3.8, 4) is 5.75 Å². The molecule has 0 aliphatic carbocycles. The van der Waals surface area contributed by atoms with E-state index in [-0.39, 0.29) is 17.3 Å². The number of hydrogen-bond acceptors (Lipinski definition) is 6. The van der Waals surface area contributed by atoms with Gasteiger partial charge in [-0.15, -0.1) is 11.3 Å². The van der Waals surface area contributed by atoms with E-state index < -0.39 is 10.0 Å². The molecule has 1 aliphatic rings. The molecule has 0 radical (unpaired) electrons. The predicted molar refractivity (Wildman–Crippen MR) is 95.3 cm³/mol. The molecule has 2 aromatic rings. The average molecular weight is 381 g/mol. The number of anilines is 1. The van der Waals surface area contributed by atoms with Crippen LogP contribution in [0.5, 0.6) is 5.75 Å². The summed E-state index contributed by atoms with van der Waals surface area (Å²) >= 11 is 1.32. The highest BCUT2D eigenvalue weighted by Gasteiger charge is 2.30. The summed E-state index contributed by atoms with van der Waals surface area (Å²) in [6.07, 6.45) is 0.529. The molecule has 0 saturated carbocycles. The SMILES string of the molecule is CCOc1ccc(S(=O)(=O)N2CCc3nc(NC(C)=O)sc3C2)cc1. The molecular formula is C16H19N3O4S2. The Morgan fingerprint density at radius 1 is 1.36 bits per heavy atom. The van der Waals surface area contributed by atoms with E-state index in [9.17, 15) is 13.2 Å². The molecule has 0 fully saturated rings. The van der Waals surface area contributed by atoms with Crippen LogP contribution in [0.2, 0.25) is 0 Å². The molecule has 0 saturated heterocycles. The Morgan fingerprint density at radius 2 is 2.08 bits per heavy atom. The second-order valence-corrected chi connectivity index (χ2v) is 8.58. The molecule has 0 unspecified atom stereocenters. The largest absolute Gasteiger partial charge is 0.494 e. The summed E-state index contributed by atoms with van der Waals surface area (Å²) in [5.41, 5.74) is 0.854. The lowest BCUT2D eigenvalue weighted by Crippen LogP contribution is -2.35. The van der Waals surface area contributed by atoms with Gasteiger partial charge in [-0.05, 0) is 31.2 Å². The fourth-order valence-corrected chi connectivity index (χ4v) is 5.17. The molecule has 9 heteroatoms. The van der Waals surface area contributed by atoms with Crippen molar-refractivity contribution < 1.29 is 17.9 Å². The molecule has 2 heterocycles. The zero-order valence-electron chi connectivity index (χ0n) is 14.0. The quantitative estimate of drug-likeness (QED) is 0.858. The van der Waals surface area contributed by atoms with Crippen LogP contribution in [0.4, 0.5) is 5.13 Å². The van der Waals surface area contributed by atoms with Crippen LogP contribution in [0.1, 0.15) is 24.4 Å². The van der Waals surface area contributed by atoms with Gasteiger partial charge in [0.25, 0.3) is 0 Å². The van der Waals surface area contributed by atoms with E-state index in [0.29, 0.717) is 30.5 Å². The van der Waals surface area contributed by atoms with Crippen LogP contribution >= 0.6 is 11.3 Å². The monoisotopic (exact) mass is 381 g/mol. The molecule has 1 aromatic heterocycles. The average Bonchev–Trinajstić information content (AvgIpc) is 2.96. The van der Waals surface area contributed by atoms with E-state index in [1.165, 1.54) is 22.6 Å². The second-order valence-electron chi connectivity index (χ2n) is 5.56. The van der Waals surface area contributed by atoms with Crippen LogP contribution in [0.15, 0.2) is 29.2 Å². The van der Waals surface area contributed by atoms with Crippen LogP contribution in [0.25, 0.3) is 0 Å². The predicted octanol–water partition coefficient (Wildman–Crippen LogP) is 2.25. The number of fused-ring (bicyclic) bond motifs is 1. The molecule has 0 spiro atoms. The van der Waals surface area contributed by atoms with E-state index in [1.54, 1.807) is 24.3 Å². The number of sulfonamides is 1. The number of thiazole rings is 1. The van der Waals surface area contributed by atoms with Gasteiger partial charge in [0.15, 0.2) is 5.13 Å². The van der Waals surface area contributed by atoms with Crippen LogP contribution in [-0.4, -0.2) is 36.8 Å². The van der Waals surface area contributed by atoms with Crippen LogP contribution in [-0.2, 0) is 27.8 Å². The molecule has 1 amide bonds. The number of nitrogens with one attached hydrogen (secondary N) is 1. The fourth-order valence-electron chi connectivity index (χ4n) is 2.60. The lowest BCUT2D eigenvalue weighted by molar-refractivity contribution is -0.114. The highest BCUT2D eigenvalue weighted by molar-refractivity contribution is 7.89. The maximum Gasteiger partial charge on any atom is 0.243 e. The second kappa shape index (κ2) is 7.11. The van der Waals surface area contributed by atoms with Crippen molar-refractivity contribution in [3.05, 3.63) is 34.8 Å². The van der Waals surface area contributed by atoms with Crippen molar-refractivity contribution in [3.63, 3.8) is 0 Å². The molecular weight excluding hydrogens is 362 g/mol. The van der Waals surface area contributed by atoms with Crippen LogP contribution < -0.4 is 10.1 Å². The normalized spacial score (nSPS) is 14.8. The Bertz CT molecular complexity index is 875. The summed E-state index contributed by atoms with van der Waals surface area (Å²) in [5.74, 6) is 0.453. The van der Waals surface area contributed by atoms with E-state index in [1.807, 2.05) is 6.92 Å². The van der Waals surface area contributed by atoms with Gasteiger partial charge in [-0.25, -0.2) is 13.4 Å². The van der Waals surface area contributed by atoms with Gasteiger partial charge in [0.1, 0.15) is 5.75 Å². The fraction of sp³-hybridized carbons (Fsp3) is 0.375. The van der Waals surface area contributed by atoms with Crippen molar-refractivity contribution in [1.29, 1.82) is 0 Å².